The highest BCUT2D eigenvalue weighted by Gasteiger charge is 2.06. The van der Waals surface area contributed by atoms with Crippen LogP contribution in [0.2, 0.25) is 5.02 Å². The van der Waals surface area contributed by atoms with E-state index in [0.717, 1.165) is 29.7 Å². The number of anilines is 1. The summed E-state index contributed by atoms with van der Waals surface area (Å²) in [6, 6.07) is 6.02. The third kappa shape index (κ3) is 3.10. The second-order valence-corrected chi connectivity index (χ2v) is 4.86. The summed E-state index contributed by atoms with van der Waals surface area (Å²) >= 11 is 5.97. The molecule has 1 N–H and O–H groups in total. The van der Waals surface area contributed by atoms with Gasteiger partial charge >= 0.3 is 0 Å². The van der Waals surface area contributed by atoms with Crippen LogP contribution in [0.5, 0.6) is 0 Å². The first kappa shape index (κ1) is 13.1. The Bertz CT molecular complexity index is 527. The fraction of sp³-hybridized carbons (Fsp3) is 0.429. The van der Waals surface area contributed by atoms with Gasteiger partial charge in [-0.25, -0.2) is 4.98 Å². The Morgan fingerprint density at radius 1 is 1.28 bits per heavy atom. The summed E-state index contributed by atoms with van der Waals surface area (Å²) in [6.07, 6.45) is 5.18. The Kier molecular flexibility index (Phi) is 4.37. The van der Waals surface area contributed by atoms with Crippen LogP contribution in [0.3, 0.4) is 0 Å². The zero-order valence-corrected chi connectivity index (χ0v) is 11.5. The maximum atomic E-state index is 5.97. The SMILES string of the molecule is CCCC(CC)Nc1cnc2ccc(Cl)cc2n1. The largest absolute Gasteiger partial charge is 0.366 e. The normalized spacial score (nSPS) is 12.6. The average Bonchev–Trinajstić information content (AvgIpc) is 2.37. The fourth-order valence-electron chi connectivity index (χ4n) is 1.99. The van der Waals surface area contributed by atoms with Crippen LogP contribution in [0.4, 0.5) is 5.82 Å². The highest BCUT2D eigenvalue weighted by Crippen LogP contribution is 2.18. The third-order valence-corrected chi connectivity index (χ3v) is 3.22. The predicted molar refractivity (Wildman–Crippen MR) is 77.2 cm³/mol. The fourth-order valence-corrected chi connectivity index (χ4v) is 2.16. The van der Waals surface area contributed by atoms with Gasteiger partial charge in [-0.3, -0.25) is 4.98 Å². The minimum atomic E-state index is 0.459. The molecule has 18 heavy (non-hydrogen) atoms. The van der Waals surface area contributed by atoms with Gasteiger partial charge < -0.3 is 5.32 Å². The van der Waals surface area contributed by atoms with E-state index in [1.54, 1.807) is 6.20 Å². The topological polar surface area (TPSA) is 37.8 Å². The van der Waals surface area contributed by atoms with E-state index in [1.807, 2.05) is 18.2 Å². The lowest BCUT2D eigenvalue weighted by atomic mass is 10.1. The van der Waals surface area contributed by atoms with E-state index in [4.69, 9.17) is 11.6 Å². The number of aromatic nitrogens is 2. The minimum absolute atomic E-state index is 0.459. The van der Waals surface area contributed by atoms with Crippen molar-refractivity contribution in [3.05, 3.63) is 29.4 Å². The van der Waals surface area contributed by atoms with Crippen LogP contribution in [-0.4, -0.2) is 16.0 Å². The minimum Gasteiger partial charge on any atom is -0.366 e. The molecule has 0 radical (unpaired) electrons. The van der Waals surface area contributed by atoms with E-state index >= 15 is 0 Å². The van der Waals surface area contributed by atoms with Crippen molar-refractivity contribution in [3.63, 3.8) is 0 Å². The van der Waals surface area contributed by atoms with Crippen molar-refractivity contribution in [3.8, 4) is 0 Å². The van der Waals surface area contributed by atoms with Gasteiger partial charge in [0.15, 0.2) is 0 Å². The van der Waals surface area contributed by atoms with Crippen LogP contribution >= 0.6 is 11.6 Å². The van der Waals surface area contributed by atoms with E-state index in [1.165, 1.54) is 6.42 Å². The van der Waals surface area contributed by atoms with Crippen LogP contribution in [0.1, 0.15) is 33.1 Å². The lowest BCUT2D eigenvalue weighted by molar-refractivity contribution is 0.620. The summed E-state index contributed by atoms with van der Waals surface area (Å²) in [5.74, 6) is 0.824. The zero-order valence-electron chi connectivity index (χ0n) is 10.8. The number of fused-ring (bicyclic) bond motifs is 1. The number of hydrogen-bond acceptors (Lipinski definition) is 3. The molecule has 0 saturated carbocycles. The van der Waals surface area contributed by atoms with Gasteiger partial charge in [0.05, 0.1) is 17.2 Å². The second kappa shape index (κ2) is 6.01. The summed E-state index contributed by atoms with van der Waals surface area (Å²) < 4.78 is 0. The van der Waals surface area contributed by atoms with E-state index in [0.29, 0.717) is 11.1 Å². The number of benzene rings is 1. The van der Waals surface area contributed by atoms with E-state index in [-0.39, 0.29) is 0 Å². The van der Waals surface area contributed by atoms with Gasteiger partial charge in [0.2, 0.25) is 0 Å². The van der Waals surface area contributed by atoms with E-state index in [9.17, 15) is 0 Å². The number of rotatable bonds is 5. The molecular formula is C14H18ClN3. The van der Waals surface area contributed by atoms with Crippen LogP contribution in [-0.2, 0) is 0 Å². The Morgan fingerprint density at radius 3 is 2.83 bits per heavy atom. The molecule has 0 amide bonds. The molecule has 1 atom stereocenters. The second-order valence-electron chi connectivity index (χ2n) is 4.43. The lowest BCUT2D eigenvalue weighted by Crippen LogP contribution is -2.18. The van der Waals surface area contributed by atoms with Crippen molar-refractivity contribution in [1.29, 1.82) is 0 Å². The maximum absolute atomic E-state index is 5.97. The number of nitrogens with one attached hydrogen (secondary N) is 1. The standard InChI is InChI=1S/C14H18ClN3/c1-3-5-11(4-2)17-14-9-16-12-7-6-10(15)8-13(12)18-14/h6-9,11H,3-5H2,1-2H3,(H,17,18). The Balaban J connectivity index is 2.23. The molecule has 1 aromatic heterocycles. The van der Waals surface area contributed by atoms with Gasteiger partial charge in [0.25, 0.3) is 0 Å². The molecule has 0 saturated heterocycles. The van der Waals surface area contributed by atoms with Gasteiger partial charge in [-0.1, -0.05) is 31.9 Å². The first-order valence-electron chi connectivity index (χ1n) is 6.41. The van der Waals surface area contributed by atoms with Gasteiger partial charge in [-0.15, -0.1) is 0 Å². The molecule has 0 bridgehead atoms. The van der Waals surface area contributed by atoms with Crippen LogP contribution in [0.15, 0.2) is 24.4 Å². The summed E-state index contributed by atoms with van der Waals surface area (Å²) in [7, 11) is 0. The molecule has 0 fully saturated rings. The summed E-state index contributed by atoms with van der Waals surface area (Å²) in [5, 5.41) is 4.11. The summed E-state index contributed by atoms with van der Waals surface area (Å²) in [5.41, 5.74) is 1.70. The van der Waals surface area contributed by atoms with E-state index < -0.39 is 0 Å². The Hall–Kier alpha value is -1.35. The van der Waals surface area contributed by atoms with Gasteiger partial charge in [0.1, 0.15) is 5.82 Å². The molecule has 0 aliphatic carbocycles. The van der Waals surface area contributed by atoms with Crippen LogP contribution < -0.4 is 5.32 Å². The van der Waals surface area contributed by atoms with E-state index in [2.05, 4.69) is 29.1 Å². The molecule has 2 rings (SSSR count). The quantitative estimate of drug-likeness (QED) is 0.875. The highest BCUT2D eigenvalue weighted by atomic mass is 35.5. The Labute approximate surface area is 113 Å². The predicted octanol–water partition coefficient (Wildman–Crippen LogP) is 4.27. The molecule has 2 aromatic rings. The Morgan fingerprint density at radius 2 is 2.11 bits per heavy atom. The van der Waals surface area contributed by atoms with Crippen LogP contribution in [0, 0.1) is 0 Å². The summed E-state index contributed by atoms with van der Waals surface area (Å²) in [6.45, 7) is 4.37. The van der Waals surface area contributed by atoms with Crippen molar-refractivity contribution >= 4 is 28.5 Å². The molecule has 1 unspecified atom stereocenters. The number of nitrogens with zero attached hydrogens (tertiary/aromatic N) is 2. The molecule has 1 aromatic carbocycles. The molecule has 4 heteroatoms. The lowest BCUT2D eigenvalue weighted by Gasteiger charge is -2.16. The maximum Gasteiger partial charge on any atom is 0.145 e. The molecule has 0 aliphatic heterocycles. The van der Waals surface area contributed by atoms with Crippen molar-refractivity contribution in [1.82, 2.24) is 9.97 Å². The summed E-state index contributed by atoms with van der Waals surface area (Å²) in [4.78, 5) is 8.93. The molecule has 96 valence electrons. The first-order chi connectivity index (χ1) is 8.72. The molecule has 1 heterocycles. The third-order valence-electron chi connectivity index (χ3n) is 2.99. The average molecular weight is 264 g/mol. The molecular weight excluding hydrogens is 246 g/mol. The smallest absolute Gasteiger partial charge is 0.145 e. The van der Waals surface area contributed by atoms with Gasteiger partial charge in [-0.05, 0) is 31.0 Å². The molecule has 0 aliphatic rings. The van der Waals surface area contributed by atoms with Crippen molar-refractivity contribution in [2.45, 2.75) is 39.2 Å². The zero-order chi connectivity index (χ0) is 13.0. The first-order valence-corrected chi connectivity index (χ1v) is 6.79. The molecule has 0 spiro atoms. The molecule has 3 nitrogen and oxygen atoms in total. The van der Waals surface area contributed by atoms with Crippen LogP contribution in [0.25, 0.3) is 11.0 Å². The highest BCUT2D eigenvalue weighted by molar-refractivity contribution is 6.31. The van der Waals surface area contributed by atoms with Crippen molar-refractivity contribution < 1.29 is 0 Å². The van der Waals surface area contributed by atoms with Gasteiger partial charge in [-0.2, -0.15) is 0 Å². The van der Waals surface area contributed by atoms with Crippen molar-refractivity contribution in [2.75, 3.05) is 5.32 Å². The van der Waals surface area contributed by atoms with Crippen molar-refractivity contribution in [2.24, 2.45) is 0 Å². The monoisotopic (exact) mass is 263 g/mol. The number of hydrogen-bond donors (Lipinski definition) is 1. The number of halogens is 1. The van der Waals surface area contributed by atoms with Gasteiger partial charge in [0, 0.05) is 11.1 Å².